The van der Waals surface area contributed by atoms with Crippen LogP contribution in [-0.2, 0) is 4.79 Å². The Kier molecular flexibility index (Phi) is 5.89. The van der Waals surface area contributed by atoms with Crippen LogP contribution in [0.1, 0.15) is 31.7 Å². The van der Waals surface area contributed by atoms with Gasteiger partial charge >= 0.3 is 0 Å². The van der Waals surface area contributed by atoms with Crippen LogP contribution in [0, 0.1) is 10.1 Å². The molecule has 126 valence electrons. The molecule has 0 saturated heterocycles. The van der Waals surface area contributed by atoms with Crippen molar-refractivity contribution >= 4 is 17.3 Å². The van der Waals surface area contributed by atoms with Gasteiger partial charge in [-0.25, -0.2) is 0 Å². The molecule has 0 saturated carbocycles. The first-order valence-electron chi connectivity index (χ1n) is 7.76. The van der Waals surface area contributed by atoms with Crippen LogP contribution in [-0.4, -0.2) is 17.4 Å². The summed E-state index contributed by atoms with van der Waals surface area (Å²) in [7, 11) is 0. The van der Waals surface area contributed by atoms with E-state index in [1.807, 2.05) is 24.3 Å². The van der Waals surface area contributed by atoms with Crippen molar-refractivity contribution in [3.8, 4) is 5.75 Å². The molecule has 0 unspecified atom stereocenters. The molecule has 0 radical (unpaired) electrons. The zero-order valence-electron chi connectivity index (χ0n) is 13.7. The number of nitro benzene ring substituents is 1. The van der Waals surface area contributed by atoms with Gasteiger partial charge in [-0.1, -0.05) is 26.0 Å². The predicted molar refractivity (Wildman–Crippen MR) is 92.4 cm³/mol. The highest BCUT2D eigenvalue weighted by molar-refractivity contribution is 5.91. The fourth-order valence-electron chi connectivity index (χ4n) is 2.14. The summed E-state index contributed by atoms with van der Waals surface area (Å²) in [5.41, 5.74) is 1.70. The smallest absolute Gasteiger partial charge is 0.269 e. The first kappa shape index (κ1) is 17.5. The second-order valence-electron chi connectivity index (χ2n) is 5.52. The highest BCUT2D eigenvalue weighted by Crippen LogP contribution is 2.21. The maximum Gasteiger partial charge on any atom is 0.269 e. The Bertz CT molecular complexity index is 696. The topological polar surface area (TPSA) is 81.5 Å². The molecule has 6 heteroatoms. The Morgan fingerprint density at radius 2 is 1.79 bits per heavy atom. The average molecular weight is 328 g/mol. The molecular weight excluding hydrogens is 308 g/mol. The number of nitro groups is 1. The summed E-state index contributed by atoms with van der Waals surface area (Å²) in [5, 5.41) is 13.2. The van der Waals surface area contributed by atoms with Crippen LogP contribution in [0.15, 0.2) is 48.5 Å². The number of hydrogen-bond donors (Lipinski definition) is 1. The van der Waals surface area contributed by atoms with Crippen LogP contribution >= 0.6 is 0 Å². The summed E-state index contributed by atoms with van der Waals surface area (Å²) >= 11 is 0. The zero-order valence-corrected chi connectivity index (χ0v) is 13.7. The van der Waals surface area contributed by atoms with E-state index in [0.717, 1.165) is 6.42 Å². The van der Waals surface area contributed by atoms with E-state index in [1.165, 1.54) is 29.8 Å². The van der Waals surface area contributed by atoms with Gasteiger partial charge in [-0.2, -0.15) is 0 Å². The molecule has 0 aromatic heterocycles. The van der Waals surface area contributed by atoms with Crippen molar-refractivity contribution in [3.63, 3.8) is 0 Å². The van der Waals surface area contributed by atoms with Gasteiger partial charge in [0.1, 0.15) is 5.75 Å². The lowest BCUT2D eigenvalue weighted by molar-refractivity contribution is -0.384. The number of rotatable bonds is 7. The van der Waals surface area contributed by atoms with Gasteiger partial charge in [0.25, 0.3) is 11.6 Å². The van der Waals surface area contributed by atoms with Gasteiger partial charge in [0.15, 0.2) is 6.61 Å². The van der Waals surface area contributed by atoms with Crippen molar-refractivity contribution in [1.82, 2.24) is 0 Å². The van der Waals surface area contributed by atoms with Crippen molar-refractivity contribution in [2.24, 2.45) is 0 Å². The summed E-state index contributed by atoms with van der Waals surface area (Å²) in [6, 6.07) is 13.3. The number of anilines is 1. The van der Waals surface area contributed by atoms with E-state index in [9.17, 15) is 14.9 Å². The Morgan fingerprint density at radius 3 is 2.33 bits per heavy atom. The van der Waals surface area contributed by atoms with Crippen LogP contribution in [0.3, 0.4) is 0 Å². The number of carbonyl (C=O) groups excluding carboxylic acids is 1. The summed E-state index contributed by atoms with van der Waals surface area (Å²) in [6.45, 7) is 4.17. The van der Waals surface area contributed by atoms with Crippen molar-refractivity contribution in [1.29, 1.82) is 0 Å². The molecular formula is C18H20N2O4. The molecule has 1 atom stereocenters. The van der Waals surface area contributed by atoms with Crippen molar-refractivity contribution in [3.05, 3.63) is 64.2 Å². The minimum absolute atomic E-state index is 0.0225. The van der Waals surface area contributed by atoms with Crippen LogP contribution < -0.4 is 10.1 Å². The highest BCUT2D eigenvalue weighted by atomic mass is 16.6. The quantitative estimate of drug-likeness (QED) is 0.612. The number of carbonyl (C=O) groups is 1. The Morgan fingerprint density at radius 1 is 1.17 bits per heavy atom. The number of nitrogens with one attached hydrogen (secondary N) is 1. The third-order valence-corrected chi connectivity index (χ3v) is 3.79. The van der Waals surface area contributed by atoms with Gasteiger partial charge in [0.2, 0.25) is 0 Å². The predicted octanol–water partition coefficient (Wildman–Crippen LogP) is 4.13. The first-order chi connectivity index (χ1) is 11.5. The molecule has 0 bridgehead atoms. The number of benzene rings is 2. The molecule has 2 aromatic rings. The second-order valence-corrected chi connectivity index (χ2v) is 5.52. The standard InChI is InChI=1S/C18H20N2O4/c1-3-13(2)14-4-10-17(11-5-14)24-12-18(21)19-15-6-8-16(9-7-15)20(22)23/h4-11,13H,3,12H2,1-2H3,(H,19,21)/t13-/m0/s1. The van der Waals surface area contributed by atoms with Gasteiger partial charge in [0, 0.05) is 17.8 Å². The van der Waals surface area contributed by atoms with Crippen LogP contribution in [0.5, 0.6) is 5.75 Å². The van der Waals surface area contributed by atoms with E-state index in [0.29, 0.717) is 17.4 Å². The van der Waals surface area contributed by atoms with E-state index in [4.69, 9.17) is 4.74 Å². The largest absolute Gasteiger partial charge is 0.484 e. The summed E-state index contributed by atoms with van der Waals surface area (Å²) in [4.78, 5) is 21.9. The summed E-state index contributed by atoms with van der Waals surface area (Å²) in [6.07, 6.45) is 1.07. The van der Waals surface area contributed by atoms with Gasteiger partial charge in [0.05, 0.1) is 4.92 Å². The minimum atomic E-state index is -0.488. The zero-order chi connectivity index (χ0) is 17.5. The molecule has 0 fully saturated rings. The third kappa shape index (κ3) is 4.81. The lowest BCUT2D eigenvalue weighted by Gasteiger charge is -2.11. The Labute approximate surface area is 140 Å². The lowest BCUT2D eigenvalue weighted by Crippen LogP contribution is -2.20. The van der Waals surface area contributed by atoms with Gasteiger partial charge in [-0.15, -0.1) is 0 Å². The van der Waals surface area contributed by atoms with Crippen LogP contribution in [0.2, 0.25) is 0 Å². The number of amides is 1. The lowest BCUT2D eigenvalue weighted by atomic mass is 9.99. The fourth-order valence-corrected chi connectivity index (χ4v) is 2.14. The molecule has 0 aliphatic carbocycles. The normalized spacial score (nSPS) is 11.6. The van der Waals surface area contributed by atoms with E-state index < -0.39 is 4.92 Å². The number of nitrogens with zero attached hydrogens (tertiary/aromatic N) is 1. The fraction of sp³-hybridized carbons (Fsp3) is 0.278. The number of hydrogen-bond acceptors (Lipinski definition) is 4. The Balaban J connectivity index is 1.85. The maximum absolute atomic E-state index is 11.9. The molecule has 0 aliphatic heterocycles. The molecule has 2 aromatic carbocycles. The van der Waals surface area contributed by atoms with Gasteiger partial charge < -0.3 is 10.1 Å². The summed E-state index contributed by atoms with van der Waals surface area (Å²) in [5.74, 6) is 0.792. The number of non-ortho nitro benzene ring substituents is 1. The number of ether oxygens (including phenoxy) is 1. The van der Waals surface area contributed by atoms with Crippen LogP contribution in [0.4, 0.5) is 11.4 Å². The van der Waals surface area contributed by atoms with Crippen molar-refractivity contribution < 1.29 is 14.5 Å². The molecule has 1 amide bonds. The van der Waals surface area contributed by atoms with E-state index in [1.54, 1.807) is 0 Å². The minimum Gasteiger partial charge on any atom is -0.484 e. The van der Waals surface area contributed by atoms with E-state index in [2.05, 4.69) is 19.2 Å². The molecule has 0 heterocycles. The first-order valence-corrected chi connectivity index (χ1v) is 7.76. The van der Waals surface area contributed by atoms with E-state index >= 15 is 0 Å². The van der Waals surface area contributed by atoms with Gasteiger partial charge in [-0.3, -0.25) is 14.9 Å². The summed E-state index contributed by atoms with van der Waals surface area (Å²) < 4.78 is 5.45. The van der Waals surface area contributed by atoms with Crippen molar-refractivity contribution in [2.45, 2.75) is 26.2 Å². The monoisotopic (exact) mass is 328 g/mol. The molecule has 0 spiro atoms. The third-order valence-electron chi connectivity index (χ3n) is 3.79. The SMILES string of the molecule is CC[C@H](C)c1ccc(OCC(=O)Nc2ccc([N+](=O)[O-])cc2)cc1. The van der Waals surface area contributed by atoms with E-state index in [-0.39, 0.29) is 18.2 Å². The Hall–Kier alpha value is -2.89. The molecule has 1 N–H and O–H groups in total. The molecule has 6 nitrogen and oxygen atoms in total. The molecule has 2 rings (SSSR count). The maximum atomic E-state index is 11.9. The highest BCUT2D eigenvalue weighted by Gasteiger charge is 2.08. The van der Waals surface area contributed by atoms with Crippen molar-refractivity contribution in [2.75, 3.05) is 11.9 Å². The molecule has 24 heavy (non-hydrogen) atoms. The molecule has 0 aliphatic rings. The average Bonchev–Trinajstić information content (AvgIpc) is 2.60. The second kappa shape index (κ2) is 8.10. The van der Waals surface area contributed by atoms with Crippen LogP contribution in [0.25, 0.3) is 0 Å². The van der Waals surface area contributed by atoms with Gasteiger partial charge in [-0.05, 0) is 42.2 Å².